The van der Waals surface area contributed by atoms with Crippen LogP contribution < -0.4 is 0 Å². The molecule has 0 unspecified atom stereocenters. The molecule has 0 fully saturated rings. The molecule has 2 rings (SSSR count). The lowest BCUT2D eigenvalue weighted by molar-refractivity contribution is 0.613. The summed E-state index contributed by atoms with van der Waals surface area (Å²) >= 11 is 6.55. The van der Waals surface area contributed by atoms with Crippen molar-refractivity contribution in [2.24, 2.45) is 0 Å². The highest BCUT2D eigenvalue weighted by Crippen LogP contribution is 2.15. The van der Waals surface area contributed by atoms with Crippen molar-refractivity contribution in [2.45, 2.75) is 11.9 Å². The molecule has 6 heteroatoms. The zero-order valence-corrected chi connectivity index (χ0v) is 11.4. The Balaban J connectivity index is 2.19. The Labute approximate surface area is 109 Å². The van der Waals surface area contributed by atoms with Crippen LogP contribution in [-0.4, -0.2) is 15.0 Å². The molecule has 84 valence electrons. The summed E-state index contributed by atoms with van der Waals surface area (Å²) < 4.78 is 15.5. The molecule has 0 aliphatic rings. The van der Waals surface area contributed by atoms with Gasteiger partial charge in [-0.25, -0.2) is 9.07 Å². The third-order valence-electron chi connectivity index (χ3n) is 1.99. The minimum atomic E-state index is -0.259. The van der Waals surface area contributed by atoms with Crippen molar-refractivity contribution in [1.82, 2.24) is 15.0 Å². The highest BCUT2D eigenvalue weighted by Gasteiger charge is 2.02. The van der Waals surface area contributed by atoms with Gasteiger partial charge in [-0.2, -0.15) is 0 Å². The van der Waals surface area contributed by atoms with E-state index in [1.54, 1.807) is 4.68 Å². The van der Waals surface area contributed by atoms with Crippen molar-refractivity contribution in [3.8, 4) is 0 Å². The number of halogens is 3. The fourth-order valence-electron chi connectivity index (χ4n) is 1.37. The summed E-state index contributed by atoms with van der Waals surface area (Å²) in [5, 5.41) is 8.54. The molecule has 16 heavy (non-hydrogen) atoms. The quantitative estimate of drug-likeness (QED) is 0.798. The predicted molar refractivity (Wildman–Crippen MR) is 65.9 cm³/mol. The zero-order valence-electron chi connectivity index (χ0n) is 8.20. The summed E-state index contributed by atoms with van der Waals surface area (Å²) in [6, 6.07) is 4.77. The maximum absolute atomic E-state index is 13.1. The second kappa shape index (κ2) is 5.05. The van der Waals surface area contributed by atoms with Crippen LogP contribution in [0.25, 0.3) is 0 Å². The van der Waals surface area contributed by atoms with Crippen molar-refractivity contribution in [1.29, 1.82) is 0 Å². The van der Waals surface area contributed by atoms with Crippen LogP contribution in [0.15, 0.2) is 28.9 Å². The minimum absolute atomic E-state index is 0.259. The molecule has 2 aromatic rings. The van der Waals surface area contributed by atoms with E-state index in [1.165, 1.54) is 12.1 Å². The number of hydrogen-bond acceptors (Lipinski definition) is 2. The summed E-state index contributed by atoms with van der Waals surface area (Å²) in [5.41, 5.74) is 1.70. The van der Waals surface area contributed by atoms with Crippen molar-refractivity contribution in [3.63, 3.8) is 0 Å². The third kappa shape index (κ3) is 2.89. The molecule has 0 bridgehead atoms. The molecule has 0 saturated carbocycles. The van der Waals surface area contributed by atoms with E-state index in [4.69, 9.17) is 0 Å². The van der Waals surface area contributed by atoms with Crippen LogP contribution in [0.2, 0.25) is 0 Å². The van der Waals surface area contributed by atoms with Gasteiger partial charge in [0.05, 0.1) is 12.2 Å². The molecule has 0 radical (unpaired) electrons. The smallest absolute Gasteiger partial charge is 0.124 e. The number of rotatable bonds is 3. The Morgan fingerprint density at radius 2 is 2.12 bits per heavy atom. The van der Waals surface area contributed by atoms with Gasteiger partial charge >= 0.3 is 0 Å². The number of alkyl halides is 1. The Morgan fingerprint density at radius 1 is 1.31 bits per heavy atom. The topological polar surface area (TPSA) is 30.7 Å². The Kier molecular flexibility index (Phi) is 3.70. The van der Waals surface area contributed by atoms with Gasteiger partial charge in [0.1, 0.15) is 5.82 Å². The van der Waals surface area contributed by atoms with Crippen LogP contribution in [-0.2, 0) is 11.9 Å². The van der Waals surface area contributed by atoms with Crippen LogP contribution in [0, 0.1) is 5.82 Å². The van der Waals surface area contributed by atoms with Crippen molar-refractivity contribution in [2.75, 3.05) is 0 Å². The lowest BCUT2D eigenvalue weighted by Crippen LogP contribution is -2.00. The first-order valence-corrected chi connectivity index (χ1v) is 6.49. The Hall–Kier alpha value is -0.750. The zero-order chi connectivity index (χ0) is 11.5. The molecule has 3 nitrogen and oxygen atoms in total. The third-order valence-corrected chi connectivity index (χ3v) is 3.02. The fraction of sp³-hybridized carbons (Fsp3) is 0.200. The number of benzene rings is 1. The van der Waals surface area contributed by atoms with Crippen LogP contribution in [0.3, 0.4) is 0 Å². The fourth-order valence-corrected chi connectivity index (χ4v) is 2.14. The van der Waals surface area contributed by atoms with Gasteiger partial charge in [0.15, 0.2) is 0 Å². The minimum Gasteiger partial charge on any atom is -0.248 e. The first kappa shape index (κ1) is 11.7. The molecule has 1 aromatic carbocycles. The van der Waals surface area contributed by atoms with Gasteiger partial charge in [-0.15, -0.1) is 5.10 Å². The molecular formula is C10H8Br2FN3. The van der Waals surface area contributed by atoms with Crippen molar-refractivity contribution >= 4 is 31.9 Å². The van der Waals surface area contributed by atoms with E-state index in [0.717, 1.165) is 15.7 Å². The van der Waals surface area contributed by atoms with Crippen molar-refractivity contribution < 1.29 is 4.39 Å². The molecule has 0 aliphatic carbocycles. The van der Waals surface area contributed by atoms with E-state index >= 15 is 0 Å². The van der Waals surface area contributed by atoms with E-state index in [0.29, 0.717) is 11.9 Å². The monoisotopic (exact) mass is 347 g/mol. The summed E-state index contributed by atoms with van der Waals surface area (Å²) in [7, 11) is 0. The van der Waals surface area contributed by atoms with Crippen LogP contribution in [0.5, 0.6) is 0 Å². The Morgan fingerprint density at radius 3 is 2.75 bits per heavy atom. The van der Waals surface area contributed by atoms with Crippen LogP contribution in [0.1, 0.15) is 11.3 Å². The normalized spacial score (nSPS) is 10.7. The number of hydrogen-bond donors (Lipinski definition) is 0. The maximum atomic E-state index is 13.1. The lowest BCUT2D eigenvalue weighted by atomic mass is 10.2. The van der Waals surface area contributed by atoms with Gasteiger partial charge in [-0.1, -0.05) is 37.1 Å². The van der Waals surface area contributed by atoms with Gasteiger partial charge in [-0.05, 0) is 23.8 Å². The van der Waals surface area contributed by atoms with Gasteiger partial charge in [-0.3, -0.25) is 0 Å². The lowest BCUT2D eigenvalue weighted by Gasteiger charge is -2.02. The molecule has 0 atom stereocenters. The van der Waals surface area contributed by atoms with E-state index < -0.39 is 0 Å². The van der Waals surface area contributed by atoms with E-state index in [9.17, 15) is 4.39 Å². The second-order valence-electron chi connectivity index (χ2n) is 3.32. The molecule has 0 amide bonds. The maximum Gasteiger partial charge on any atom is 0.124 e. The first-order valence-electron chi connectivity index (χ1n) is 4.57. The highest BCUT2D eigenvalue weighted by atomic mass is 79.9. The standard InChI is InChI=1S/C10H8Br2FN3/c11-4-10-6-16(15-14-10)5-7-1-8(12)3-9(13)2-7/h1-3,6H,4-5H2. The SMILES string of the molecule is Fc1cc(Br)cc(Cn2cc(CBr)nn2)c1. The largest absolute Gasteiger partial charge is 0.248 e. The number of nitrogens with zero attached hydrogens (tertiary/aromatic N) is 3. The molecule has 0 N–H and O–H groups in total. The summed E-state index contributed by atoms with van der Waals surface area (Å²) in [5.74, 6) is -0.259. The average molecular weight is 349 g/mol. The molecule has 0 aliphatic heterocycles. The van der Waals surface area contributed by atoms with Gasteiger partial charge < -0.3 is 0 Å². The first-order chi connectivity index (χ1) is 7.67. The Bertz CT molecular complexity index is 478. The van der Waals surface area contributed by atoms with E-state index in [1.807, 2.05) is 12.3 Å². The summed E-state index contributed by atoms with van der Waals surface area (Å²) in [6.07, 6.45) is 1.83. The van der Waals surface area contributed by atoms with Gasteiger partial charge in [0.25, 0.3) is 0 Å². The summed E-state index contributed by atoms with van der Waals surface area (Å²) in [6.45, 7) is 0.510. The van der Waals surface area contributed by atoms with Crippen molar-refractivity contribution in [3.05, 3.63) is 45.9 Å². The average Bonchev–Trinajstić information content (AvgIpc) is 2.64. The van der Waals surface area contributed by atoms with Gasteiger partial charge in [0.2, 0.25) is 0 Å². The second-order valence-corrected chi connectivity index (χ2v) is 4.80. The molecule has 1 aromatic heterocycles. The summed E-state index contributed by atoms with van der Waals surface area (Å²) in [4.78, 5) is 0. The van der Waals surface area contributed by atoms with Crippen LogP contribution >= 0.6 is 31.9 Å². The highest BCUT2D eigenvalue weighted by molar-refractivity contribution is 9.10. The number of aromatic nitrogens is 3. The predicted octanol–water partition coefficient (Wildman–Crippen LogP) is 3.12. The molecule has 0 saturated heterocycles. The van der Waals surface area contributed by atoms with E-state index in [-0.39, 0.29) is 5.82 Å². The molecule has 0 spiro atoms. The molecular weight excluding hydrogens is 341 g/mol. The van der Waals surface area contributed by atoms with Crippen LogP contribution in [0.4, 0.5) is 4.39 Å². The van der Waals surface area contributed by atoms with E-state index in [2.05, 4.69) is 42.2 Å². The molecule has 1 heterocycles. The van der Waals surface area contributed by atoms with Gasteiger partial charge in [0, 0.05) is 16.0 Å².